The van der Waals surface area contributed by atoms with Crippen molar-refractivity contribution in [1.29, 1.82) is 0 Å². The summed E-state index contributed by atoms with van der Waals surface area (Å²) in [5, 5.41) is 3.70. The maximum Gasteiger partial charge on any atom is 0.360 e. The molecule has 0 saturated heterocycles. The van der Waals surface area contributed by atoms with Crippen LogP contribution >= 0.6 is 0 Å². The Kier molecular flexibility index (Phi) is 5.82. The highest BCUT2D eigenvalue weighted by atomic mass is 16.5. The second-order valence-electron chi connectivity index (χ2n) is 4.52. The third-order valence-corrected chi connectivity index (χ3v) is 2.87. The maximum atomic E-state index is 11.4. The number of carbonyl (C=O) groups excluding carboxylic acids is 1. The summed E-state index contributed by atoms with van der Waals surface area (Å²) in [6, 6.07) is 11.3. The lowest BCUT2D eigenvalue weighted by Gasteiger charge is -2.04. The molecule has 0 unspecified atom stereocenters. The SMILES string of the molecule is CCOC(=O)c1cc(CCCCOc2ccccc2)on1. The molecule has 112 valence electrons. The van der Waals surface area contributed by atoms with Crippen LogP contribution in [0.2, 0.25) is 0 Å². The van der Waals surface area contributed by atoms with Crippen LogP contribution in [0.4, 0.5) is 0 Å². The number of unbranched alkanes of at least 4 members (excludes halogenated alkanes) is 1. The lowest BCUT2D eigenvalue weighted by atomic mass is 10.2. The number of hydrogen-bond acceptors (Lipinski definition) is 5. The average molecular weight is 289 g/mol. The summed E-state index contributed by atoms with van der Waals surface area (Å²) >= 11 is 0. The molecule has 0 aliphatic rings. The normalized spacial score (nSPS) is 10.3. The smallest absolute Gasteiger partial charge is 0.360 e. The van der Waals surface area contributed by atoms with E-state index in [1.807, 2.05) is 30.3 Å². The molecule has 21 heavy (non-hydrogen) atoms. The molecule has 5 nitrogen and oxygen atoms in total. The molecule has 2 rings (SSSR count). The molecule has 1 aromatic heterocycles. The Morgan fingerprint density at radius 2 is 2.05 bits per heavy atom. The lowest BCUT2D eigenvalue weighted by Crippen LogP contribution is -2.04. The molecule has 0 bridgehead atoms. The number of esters is 1. The summed E-state index contributed by atoms with van der Waals surface area (Å²) in [6.45, 7) is 2.74. The number of aryl methyl sites for hydroxylation is 1. The van der Waals surface area contributed by atoms with Crippen LogP contribution in [0.25, 0.3) is 0 Å². The zero-order chi connectivity index (χ0) is 14.9. The summed E-state index contributed by atoms with van der Waals surface area (Å²) in [5.74, 6) is 1.12. The van der Waals surface area contributed by atoms with Crippen molar-refractivity contribution in [3.63, 3.8) is 0 Å². The van der Waals surface area contributed by atoms with Crippen molar-refractivity contribution in [1.82, 2.24) is 5.16 Å². The first kappa shape index (κ1) is 15.1. The minimum atomic E-state index is -0.445. The molecule has 0 atom stereocenters. The molecule has 5 heteroatoms. The van der Waals surface area contributed by atoms with Crippen LogP contribution in [0.1, 0.15) is 36.0 Å². The summed E-state index contributed by atoms with van der Waals surface area (Å²) in [7, 11) is 0. The molecular formula is C16H19NO4. The van der Waals surface area contributed by atoms with Gasteiger partial charge < -0.3 is 14.0 Å². The van der Waals surface area contributed by atoms with Gasteiger partial charge in [0.15, 0.2) is 5.69 Å². The Morgan fingerprint density at radius 1 is 1.24 bits per heavy atom. The molecule has 0 aliphatic heterocycles. The van der Waals surface area contributed by atoms with Gasteiger partial charge in [0.05, 0.1) is 13.2 Å². The molecule has 0 N–H and O–H groups in total. The summed E-state index contributed by atoms with van der Waals surface area (Å²) in [6.07, 6.45) is 2.54. The first-order chi connectivity index (χ1) is 10.3. The Hall–Kier alpha value is -2.30. The Labute approximate surface area is 123 Å². The fourth-order valence-electron chi connectivity index (χ4n) is 1.84. The quantitative estimate of drug-likeness (QED) is 0.551. The fraction of sp³-hybridized carbons (Fsp3) is 0.375. The van der Waals surface area contributed by atoms with Crippen LogP contribution in [0.3, 0.4) is 0 Å². The predicted molar refractivity (Wildman–Crippen MR) is 77.3 cm³/mol. The molecular weight excluding hydrogens is 270 g/mol. The zero-order valence-electron chi connectivity index (χ0n) is 12.1. The van der Waals surface area contributed by atoms with Crippen molar-refractivity contribution >= 4 is 5.97 Å². The van der Waals surface area contributed by atoms with Gasteiger partial charge in [-0.05, 0) is 31.9 Å². The van der Waals surface area contributed by atoms with Crippen molar-refractivity contribution in [3.05, 3.63) is 47.9 Å². The minimum absolute atomic E-state index is 0.229. The molecule has 2 aromatic rings. The predicted octanol–water partition coefficient (Wildman–Crippen LogP) is 3.25. The van der Waals surface area contributed by atoms with E-state index in [0.29, 0.717) is 19.0 Å². The Bertz CT molecular complexity index is 550. The second-order valence-corrected chi connectivity index (χ2v) is 4.52. The number of para-hydroxylation sites is 1. The number of hydrogen-bond donors (Lipinski definition) is 0. The van der Waals surface area contributed by atoms with Crippen LogP contribution in [0.5, 0.6) is 5.75 Å². The van der Waals surface area contributed by atoms with Crippen LogP contribution < -0.4 is 4.74 Å². The van der Waals surface area contributed by atoms with E-state index in [1.54, 1.807) is 13.0 Å². The number of nitrogens with zero attached hydrogens (tertiary/aromatic N) is 1. The highest BCUT2D eigenvalue weighted by Gasteiger charge is 2.12. The molecule has 0 saturated carbocycles. The topological polar surface area (TPSA) is 61.6 Å². The minimum Gasteiger partial charge on any atom is -0.494 e. The summed E-state index contributed by atoms with van der Waals surface area (Å²) in [4.78, 5) is 11.4. The summed E-state index contributed by atoms with van der Waals surface area (Å²) < 4.78 is 15.6. The highest BCUT2D eigenvalue weighted by Crippen LogP contribution is 2.11. The summed E-state index contributed by atoms with van der Waals surface area (Å²) in [5.41, 5.74) is 0.229. The highest BCUT2D eigenvalue weighted by molar-refractivity contribution is 5.87. The van der Waals surface area contributed by atoms with Crippen LogP contribution in [-0.2, 0) is 11.2 Å². The number of ether oxygens (including phenoxy) is 2. The van der Waals surface area contributed by atoms with E-state index in [4.69, 9.17) is 14.0 Å². The lowest BCUT2D eigenvalue weighted by molar-refractivity contribution is 0.0514. The van der Waals surface area contributed by atoms with E-state index in [0.717, 1.165) is 25.0 Å². The van der Waals surface area contributed by atoms with Gasteiger partial charge in [0.1, 0.15) is 11.5 Å². The first-order valence-electron chi connectivity index (χ1n) is 7.10. The van der Waals surface area contributed by atoms with Gasteiger partial charge in [-0.15, -0.1) is 0 Å². The monoisotopic (exact) mass is 289 g/mol. The van der Waals surface area contributed by atoms with Crippen molar-refractivity contribution in [3.8, 4) is 5.75 Å². The van der Waals surface area contributed by atoms with Gasteiger partial charge in [-0.3, -0.25) is 0 Å². The number of benzene rings is 1. The zero-order valence-corrected chi connectivity index (χ0v) is 12.1. The first-order valence-corrected chi connectivity index (χ1v) is 7.10. The van der Waals surface area contributed by atoms with Crippen LogP contribution in [0.15, 0.2) is 40.9 Å². The van der Waals surface area contributed by atoms with Crippen molar-refractivity contribution in [2.24, 2.45) is 0 Å². The van der Waals surface area contributed by atoms with E-state index in [1.165, 1.54) is 0 Å². The second kappa shape index (κ2) is 8.09. The molecule has 0 aliphatic carbocycles. The Balaban J connectivity index is 1.66. The van der Waals surface area contributed by atoms with Gasteiger partial charge in [0.2, 0.25) is 0 Å². The average Bonchev–Trinajstić information content (AvgIpc) is 2.97. The van der Waals surface area contributed by atoms with Gasteiger partial charge in [-0.1, -0.05) is 23.4 Å². The maximum absolute atomic E-state index is 11.4. The van der Waals surface area contributed by atoms with Gasteiger partial charge >= 0.3 is 5.97 Å². The Morgan fingerprint density at radius 3 is 2.81 bits per heavy atom. The van der Waals surface area contributed by atoms with Gasteiger partial charge in [-0.25, -0.2) is 4.79 Å². The fourth-order valence-corrected chi connectivity index (χ4v) is 1.84. The van der Waals surface area contributed by atoms with Gasteiger partial charge in [-0.2, -0.15) is 0 Å². The third-order valence-electron chi connectivity index (χ3n) is 2.87. The van der Waals surface area contributed by atoms with Crippen LogP contribution in [0, 0.1) is 0 Å². The van der Waals surface area contributed by atoms with E-state index >= 15 is 0 Å². The van der Waals surface area contributed by atoms with E-state index < -0.39 is 5.97 Å². The van der Waals surface area contributed by atoms with Crippen LogP contribution in [-0.4, -0.2) is 24.3 Å². The molecule has 0 radical (unpaired) electrons. The molecule has 0 amide bonds. The molecule has 0 spiro atoms. The van der Waals surface area contributed by atoms with Gasteiger partial charge in [0, 0.05) is 12.5 Å². The van der Waals surface area contributed by atoms with E-state index in [-0.39, 0.29) is 5.69 Å². The van der Waals surface area contributed by atoms with Crippen molar-refractivity contribution in [2.45, 2.75) is 26.2 Å². The third kappa shape index (κ3) is 4.95. The molecule has 1 heterocycles. The molecule has 1 aromatic carbocycles. The number of rotatable bonds is 8. The van der Waals surface area contributed by atoms with Crippen molar-refractivity contribution < 1.29 is 18.8 Å². The van der Waals surface area contributed by atoms with E-state index in [2.05, 4.69) is 5.16 Å². The molecule has 0 fully saturated rings. The van der Waals surface area contributed by atoms with Crippen molar-refractivity contribution in [2.75, 3.05) is 13.2 Å². The number of aromatic nitrogens is 1. The van der Waals surface area contributed by atoms with Gasteiger partial charge in [0.25, 0.3) is 0 Å². The van der Waals surface area contributed by atoms with E-state index in [9.17, 15) is 4.79 Å². The standard InChI is InChI=1S/C16H19NO4/c1-2-19-16(18)15-12-14(21-17-15)10-6-7-11-20-13-8-4-3-5-9-13/h3-5,8-9,12H,2,6-7,10-11H2,1H3. The number of carbonyl (C=O) groups is 1. The largest absolute Gasteiger partial charge is 0.494 e.